The number of likely N-dealkylation sites (tertiary alicyclic amines) is 1. The Balaban J connectivity index is 2.19. The number of rotatable bonds is 2. The van der Waals surface area contributed by atoms with Crippen molar-refractivity contribution in [2.24, 2.45) is 11.8 Å². The molecule has 2 atom stereocenters. The van der Waals surface area contributed by atoms with Gasteiger partial charge in [-0.15, -0.1) is 0 Å². The highest BCUT2D eigenvalue weighted by Gasteiger charge is 2.26. The predicted octanol–water partition coefficient (Wildman–Crippen LogP) is 2.71. The van der Waals surface area contributed by atoms with Crippen LogP contribution in [0.5, 0.6) is 0 Å². The van der Waals surface area contributed by atoms with Crippen molar-refractivity contribution >= 4 is 11.6 Å². The fraction of sp³-hybridized carbons (Fsp3) is 0.500. The number of nitro benzene ring substituents is 1. The third-order valence-electron chi connectivity index (χ3n) is 3.46. The normalized spacial score (nSPS) is 23.2. The molecule has 0 radical (unpaired) electrons. The molecule has 5 nitrogen and oxygen atoms in total. The second-order valence-corrected chi connectivity index (χ2v) is 5.46. The minimum atomic E-state index is -0.474. The standard InChI is InChI=1S/C14H18N2O3/c1-10-6-11(2)9-15(8-10)14(17)12-4-3-5-13(7-12)16(18)19/h3-5,7,10-11H,6,8-9H2,1-2H3. The molecule has 0 aromatic heterocycles. The zero-order chi connectivity index (χ0) is 14.0. The number of benzene rings is 1. The first-order valence-electron chi connectivity index (χ1n) is 6.51. The first-order chi connectivity index (χ1) is 8.97. The summed E-state index contributed by atoms with van der Waals surface area (Å²) in [6, 6.07) is 5.95. The average Bonchev–Trinajstić information content (AvgIpc) is 2.37. The van der Waals surface area contributed by atoms with Crippen LogP contribution in [0.1, 0.15) is 30.6 Å². The Morgan fingerprint density at radius 1 is 1.32 bits per heavy atom. The zero-order valence-corrected chi connectivity index (χ0v) is 11.2. The lowest BCUT2D eigenvalue weighted by molar-refractivity contribution is -0.384. The first-order valence-corrected chi connectivity index (χ1v) is 6.51. The van der Waals surface area contributed by atoms with Crippen molar-refractivity contribution in [1.29, 1.82) is 0 Å². The van der Waals surface area contributed by atoms with E-state index in [-0.39, 0.29) is 11.6 Å². The molecule has 19 heavy (non-hydrogen) atoms. The molecule has 0 aliphatic carbocycles. The second kappa shape index (κ2) is 5.38. The monoisotopic (exact) mass is 262 g/mol. The molecule has 0 saturated carbocycles. The highest BCUT2D eigenvalue weighted by Crippen LogP contribution is 2.23. The molecule has 1 aliphatic rings. The number of hydrogen-bond acceptors (Lipinski definition) is 3. The van der Waals surface area contributed by atoms with Gasteiger partial charge in [-0.05, 0) is 24.3 Å². The molecule has 1 aliphatic heterocycles. The Bertz CT molecular complexity index is 491. The molecule has 1 heterocycles. The summed E-state index contributed by atoms with van der Waals surface area (Å²) < 4.78 is 0. The van der Waals surface area contributed by atoms with Gasteiger partial charge in [-0.3, -0.25) is 14.9 Å². The Morgan fingerprint density at radius 3 is 2.53 bits per heavy atom. The molecule has 1 aromatic carbocycles. The number of nitrogens with zero attached hydrogens (tertiary/aromatic N) is 2. The summed E-state index contributed by atoms with van der Waals surface area (Å²) in [4.78, 5) is 24.4. The fourth-order valence-electron chi connectivity index (χ4n) is 2.76. The van der Waals surface area contributed by atoms with Crippen LogP contribution in [0.4, 0.5) is 5.69 Å². The summed E-state index contributed by atoms with van der Waals surface area (Å²) in [5, 5.41) is 10.7. The molecule has 1 aromatic rings. The fourth-order valence-corrected chi connectivity index (χ4v) is 2.76. The van der Waals surface area contributed by atoms with E-state index in [2.05, 4.69) is 13.8 Å². The van der Waals surface area contributed by atoms with Gasteiger partial charge >= 0.3 is 0 Å². The van der Waals surface area contributed by atoms with Crippen molar-refractivity contribution in [2.45, 2.75) is 20.3 Å². The maximum absolute atomic E-state index is 12.4. The van der Waals surface area contributed by atoms with Crippen LogP contribution in [0.3, 0.4) is 0 Å². The summed E-state index contributed by atoms with van der Waals surface area (Å²) >= 11 is 0. The van der Waals surface area contributed by atoms with E-state index < -0.39 is 4.92 Å². The lowest BCUT2D eigenvalue weighted by Gasteiger charge is -2.35. The number of nitro groups is 1. The Kier molecular flexibility index (Phi) is 3.83. The smallest absolute Gasteiger partial charge is 0.270 e. The van der Waals surface area contributed by atoms with Gasteiger partial charge in [-0.1, -0.05) is 19.9 Å². The lowest BCUT2D eigenvalue weighted by Crippen LogP contribution is -2.42. The Labute approximate surface area is 112 Å². The van der Waals surface area contributed by atoms with E-state index in [9.17, 15) is 14.9 Å². The Morgan fingerprint density at radius 2 is 1.95 bits per heavy atom. The van der Waals surface area contributed by atoms with E-state index in [4.69, 9.17) is 0 Å². The summed E-state index contributed by atoms with van der Waals surface area (Å²) in [6.45, 7) is 5.71. The van der Waals surface area contributed by atoms with Gasteiger partial charge < -0.3 is 4.90 Å². The van der Waals surface area contributed by atoms with Crippen LogP contribution in [-0.4, -0.2) is 28.8 Å². The summed E-state index contributed by atoms with van der Waals surface area (Å²) in [5.41, 5.74) is 0.361. The maximum Gasteiger partial charge on any atom is 0.270 e. The summed E-state index contributed by atoms with van der Waals surface area (Å²) in [5.74, 6) is 0.847. The van der Waals surface area contributed by atoms with Gasteiger partial charge in [0, 0.05) is 30.8 Å². The minimum Gasteiger partial charge on any atom is -0.338 e. The quantitative estimate of drug-likeness (QED) is 0.608. The number of amides is 1. The van der Waals surface area contributed by atoms with Crippen molar-refractivity contribution in [3.05, 3.63) is 39.9 Å². The van der Waals surface area contributed by atoms with E-state index in [1.807, 2.05) is 0 Å². The van der Waals surface area contributed by atoms with E-state index in [1.165, 1.54) is 12.1 Å². The van der Waals surface area contributed by atoms with Crippen molar-refractivity contribution in [2.75, 3.05) is 13.1 Å². The van der Waals surface area contributed by atoms with Crippen LogP contribution >= 0.6 is 0 Å². The topological polar surface area (TPSA) is 63.5 Å². The molecule has 2 rings (SSSR count). The molecule has 0 spiro atoms. The van der Waals surface area contributed by atoms with Gasteiger partial charge in [0.15, 0.2) is 0 Å². The lowest BCUT2D eigenvalue weighted by atomic mass is 9.91. The maximum atomic E-state index is 12.4. The molecule has 0 N–H and O–H groups in total. The van der Waals surface area contributed by atoms with Gasteiger partial charge in [0.25, 0.3) is 11.6 Å². The third-order valence-corrected chi connectivity index (χ3v) is 3.46. The third kappa shape index (κ3) is 3.10. The molecule has 1 amide bonds. The summed E-state index contributed by atoms with van der Waals surface area (Å²) in [7, 11) is 0. The van der Waals surface area contributed by atoms with E-state index in [0.717, 1.165) is 19.5 Å². The van der Waals surface area contributed by atoms with E-state index >= 15 is 0 Å². The van der Waals surface area contributed by atoms with Gasteiger partial charge in [0.05, 0.1) is 4.92 Å². The number of hydrogen-bond donors (Lipinski definition) is 0. The van der Waals surface area contributed by atoms with Crippen LogP contribution < -0.4 is 0 Å². The van der Waals surface area contributed by atoms with Crippen LogP contribution in [0.25, 0.3) is 0 Å². The SMILES string of the molecule is CC1CC(C)CN(C(=O)c2cccc([N+](=O)[O-])c2)C1. The largest absolute Gasteiger partial charge is 0.338 e. The number of carbonyl (C=O) groups excluding carboxylic acids is 1. The number of carbonyl (C=O) groups is 1. The second-order valence-electron chi connectivity index (χ2n) is 5.46. The van der Waals surface area contributed by atoms with Gasteiger partial charge in [0.2, 0.25) is 0 Å². The highest BCUT2D eigenvalue weighted by molar-refractivity contribution is 5.94. The molecular formula is C14H18N2O3. The highest BCUT2D eigenvalue weighted by atomic mass is 16.6. The summed E-state index contributed by atoms with van der Waals surface area (Å²) in [6.07, 6.45) is 1.12. The molecule has 0 bridgehead atoms. The van der Waals surface area contributed by atoms with E-state index in [1.54, 1.807) is 17.0 Å². The van der Waals surface area contributed by atoms with E-state index in [0.29, 0.717) is 17.4 Å². The molecule has 1 saturated heterocycles. The Hall–Kier alpha value is -1.91. The van der Waals surface area contributed by atoms with Gasteiger partial charge in [-0.25, -0.2) is 0 Å². The molecule has 5 heteroatoms. The number of non-ortho nitro benzene ring substituents is 1. The van der Waals surface area contributed by atoms with Crippen molar-refractivity contribution < 1.29 is 9.72 Å². The molecule has 1 fully saturated rings. The minimum absolute atomic E-state index is 0.0380. The molecule has 2 unspecified atom stereocenters. The first kappa shape index (κ1) is 13.5. The predicted molar refractivity (Wildman–Crippen MR) is 71.9 cm³/mol. The average molecular weight is 262 g/mol. The van der Waals surface area contributed by atoms with Crippen LogP contribution in [0, 0.1) is 22.0 Å². The number of piperidine rings is 1. The van der Waals surface area contributed by atoms with Gasteiger partial charge in [0.1, 0.15) is 0 Å². The zero-order valence-electron chi connectivity index (χ0n) is 11.2. The van der Waals surface area contributed by atoms with Crippen molar-refractivity contribution in [3.63, 3.8) is 0 Å². The molecular weight excluding hydrogens is 244 g/mol. The molecule has 102 valence electrons. The van der Waals surface area contributed by atoms with Crippen LogP contribution in [0.2, 0.25) is 0 Å². The van der Waals surface area contributed by atoms with Crippen LogP contribution in [0.15, 0.2) is 24.3 Å². The van der Waals surface area contributed by atoms with Crippen LogP contribution in [-0.2, 0) is 0 Å². The van der Waals surface area contributed by atoms with Crippen molar-refractivity contribution in [3.8, 4) is 0 Å². The van der Waals surface area contributed by atoms with Gasteiger partial charge in [-0.2, -0.15) is 0 Å². The van der Waals surface area contributed by atoms with Crippen molar-refractivity contribution in [1.82, 2.24) is 4.90 Å².